The molecule has 0 saturated carbocycles. The molecule has 2 N–H and O–H groups in total. The number of hydrogen-bond donors (Lipinski definition) is 2. The Morgan fingerprint density at radius 2 is 2.16 bits per heavy atom. The average Bonchev–Trinajstić information content (AvgIpc) is 3.09. The number of pyridine rings is 2. The summed E-state index contributed by atoms with van der Waals surface area (Å²) in [6.07, 6.45) is 2.02. The Balaban J connectivity index is 1.68. The van der Waals surface area contributed by atoms with E-state index in [0.717, 1.165) is 5.56 Å². The summed E-state index contributed by atoms with van der Waals surface area (Å²) in [4.78, 5) is 20.1. The van der Waals surface area contributed by atoms with Crippen molar-refractivity contribution < 1.29 is 18.3 Å². The van der Waals surface area contributed by atoms with Crippen LogP contribution in [0.2, 0.25) is 0 Å². The number of aromatic nitrogens is 4. The molecule has 9 heteroatoms. The Bertz CT molecular complexity index is 854. The second-order valence-corrected chi connectivity index (χ2v) is 4.94. The number of H-pyrrole nitrogens is 1. The molecule has 0 atom stereocenters. The summed E-state index contributed by atoms with van der Waals surface area (Å²) in [6, 6.07) is 7.95. The van der Waals surface area contributed by atoms with Crippen molar-refractivity contribution in [3.8, 4) is 17.0 Å². The van der Waals surface area contributed by atoms with E-state index in [4.69, 9.17) is 4.74 Å². The van der Waals surface area contributed by atoms with Crippen molar-refractivity contribution in [3.63, 3.8) is 0 Å². The van der Waals surface area contributed by atoms with Crippen LogP contribution < -0.4 is 10.1 Å². The Morgan fingerprint density at radius 1 is 1.28 bits per heavy atom. The standard InChI is InChI=1S/C16H13F2N5O2/c17-14(18)9-25-11-3-5-20-13(6-11)16(24)21-15-7-12(22-23-15)10-2-1-4-19-8-10/h1-8,14H,9H2,(H2,21,22,23,24). The van der Waals surface area contributed by atoms with Crippen LogP contribution in [-0.2, 0) is 0 Å². The van der Waals surface area contributed by atoms with Gasteiger partial charge in [-0.2, -0.15) is 5.10 Å². The number of aromatic amines is 1. The average molecular weight is 345 g/mol. The molecule has 3 heterocycles. The van der Waals surface area contributed by atoms with Gasteiger partial charge in [-0.3, -0.25) is 19.9 Å². The van der Waals surface area contributed by atoms with Crippen molar-refractivity contribution in [2.24, 2.45) is 0 Å². The predicted molar refractivity (Wildman–Crippen MR) is 85.5 cm³/mol. The van der Waals surface area contributed by atoms with Gasteiger partial charge in [-0.15, -0.1) is 0 Å². The molecule has 0 aliphatic rings. The zero-order chi connectivity index (χ0) is 17.6. The molecule has 3 rings (SSSR count). The topological polar surface area (TPSA) is 92.8 Å². The van der Waals surface area contributed by atoms with Gasteiger partial charge in [0.15, 0.2) is 5.82 Å². The fourth-order valence-electron chi connectivity index (χ4n) is 2.02. The molecule has 0 unspecified atom stereocenters. The minimum Gasteiger partial charge on any atom is -0.488 e. The fourth-order valence-corrected chi connectivity index (χ4v) is 2.02. The smallest absolute Gasteiger partial charge is 0.275 e. The number of halogens is 2. The van der Waals surface area contributed by atoms with Crippen LogP contribution in [0.3, 0.4) is 0 Å². The number of amides is 1. The Morgan fingerprint density at radius 3 is 2.92 bits per heavy atom. The summed E-state index contributed by atoms with van der Waals surface area (Å²) < 4.78 is 29.2. The number of ether oxygens (including phenoxy) is 1. The summed E-state index contributed by atoms with van der Waals surface area (Å²) in [5.74, 6) is -0.102. The van der Waals surface area contributed by atoms with Gasteiger partial charge in [0.05, 0.1) is 5.69 Å². The van der Waals surface area contributed by atoms with Crippen molar-refractivity contribution in [2.75, 3.05) is 11.9 Å². The zero-order valence-corrected chi connectivity index (χ0v) is 12.8. The zero-order valence-electron chi connectivity index (χ0n) is 12.8. The first kappa shape index (κ1) is 16.5. The van der Waals surface area contributed by atoms with Crippen molar-refractivity contribution >= 4 is 11.7 Å². The molecule has 7 nitrogen and oxygen atoms in total. The lowest BCUT2D eigenvalue weighted by atomic mass is 10.2. The second-order valence-electron chi connectivity index (χ2n) is 4.94. The third kappa shape index (κ3) is 4.34. The van der Waals surface area contributed by atoms with E-state index in [-0.39, 0.29) is 11.4 Å². The number of nitrogens with zero attached hydrogens (tertiary/aromatic N) is 3. The van der Waals surface area contributed by atoms with Crippen LogP contribution in [0.25, 0.3) is 11.3 Å². The number of nitrogens with one attached hydrogen (secondary N) is 2. The maximum Gasteiger partial charge on any atom is 0.275 e. The monoisotopic (exact) mass is 345 g/mol. The highest BCUT2D eigenvalue weighted by atomic mass is 19.3. The van der Waals surface area contributed by atoms with Crippen molar-refractivity contribution in [3.05, 3.63) is 54.6 Å². The number of alkyl halides is 2. The third-order valence-corrected chi connectivity index (χ3v) is 3.13. The molecule has 3 aromatic heterocycles. The molecular weight excluding hydrogens is 332 g/mol. The minimum atomic E-state index is -2.60. The largest absolute Gasteiger partial charge is 0.488 e. The van der Waals surface area contributed by atoms with Crippen LogP contribution in [0.5, 0.6) is 5.75 Å². The molecule has 0 aliphatic carbocycles. The Kier molecular flexibility index (Phi) is 4.93. The number of carbonyl (C=O) groups is 1. The van der Waals surface area contributed by atoms with Gasteiger partial charge < -0.3 is 10.1 Å². The van der Waals surface area contributed by atoms with Crippen LogP contribution in [0.15, 0.2) is 48.9 Å². The van der Waals surface area contributed by atoms with Crippen molar-refractivity contribution in [1.29, 1.82) is 0 Å². The van der Waals surface area contributed by atoms with E-state index in [2.05, 4.69) is 25.5 Å². The number of carbonyl (C=O) groups excluding carboxylic acids is 1. The van der Waals surface area contributed by atoms with E-state index >= 15 is 0 Å². The predicted octanol–water partition coefficient (Wildman–Crippen LogP) is 2.76. The molecule has 0 aromatic carbocycles. The summed E-state index contributed by atoms with van der Waals surface area (Å²) in [5.41, 5.74) is 1.53. The molecular formula is C16H13F2N5O2. The number of rotatable bonds is 6. The van der Waals surface area contributed by atoms with Gasteiger partial charge in [-0.05, 0) is 18.2 Å². The van der Waals surface area contributed by atoms with Gasteiger partial charge in [0.2, 0.25) is 0 Å². The summed E-state index contributed by atoms with van der Waals surface area (Å²) in [5, 5.41) is 9.36. The Hall–Kier alpha value is -3.36. The fraction of sp³-hybridized carbons (Fsp3) is 0.125. The molecule has 1 amide bonds. The normalized spacial score (nSPS) is 10.7. The molecule has 0 aliphatic heterocycles. The summed E-state index contributed by atoms with van der Waals surface area (Å²) >= 11 is 0. The molecule has 0 saturated heterocycles. The molecule has 25 heavy (non-hydrogen) atoms. The van der Waals surface area contributed by atoms with Crippen molar-refractivity contribution in [2.45, 2.75) is 6.43 Å². The molecule has 128 valence electrons. The maximum atomic E-state index is 12.2. The molecule has 0 spiro atoms. The lowest BCUT2D eigenvalue weighted by Gasteiger charge is -2.06. The third-order valence-electron chi connectivity index (χ3n) is 3.13. The first-order chi connectivity index (χ1) is 12.1. The quantitative estimate of drug-likeness (QED) is 0.717. The summed E-state index contributed by atoms with van der Waals surface area (Å²) in [7, 11) is 0. The second kappa shape index (κ2) is 7.47. The number of anilines is 1. The lowest BCUT2D eigenvalue weighted by molar-refractivity contribution is 0.0818. The van der Waals surface area contributed by atoms with Gasteiger partial charge in [-0.25, -0.2) is 8.78 Å². The van der Waals surface area contributed by atoms with Crippen LogP contribution in [0.4, 0.5) is 14.6 Å². The first-order valence-corrected chi connectivity index (χ1v) is 7.26. The number of hydrogen-bond acceptors (Lipinski definition) is 5. The summed E-state index contributed by atoms with van der Waals surface area (Å²) in [6.45, 7) is -0.751. The van der Waals surface area contributed by atoms with Gasteiger partial charge in [-0.1, -0.05) is 0 Å². The van der Waals surface area contributed by atoms with Crippen LogP contribution in [0.1, 0.15) is 10.5 Å². The highest BCUT2D eigenvalue weighted by molar-refractivity contribution is 6.02. The molecule has 3 aromatic rings. The molecule has 0 radical (unpaired) electrons. The van der Waals surface area contributed by atoms with E-state index in [0.29, 0.717) is 11.5 Å². The molecule has 0 fully saturated rings. The maximum absolute atomic E-state index is 12.2. The van der Waals surface area contributed by atoms with E-state index in [1.54, 1.807) is 24.5 Å². The first-order valence-electron chi connectivity index (χ1n) is 7.26. The van der Waals surface area contributed by atoms with Crippen LogP contribution in [0, 0.1) is 0 Å². The minimum absolute atomic E-state index is 0.0256. The highest BCUT2D eigenvalue weighted by Gasteiger charge is 2.12. The van der Waals surface area contributed by atoms with Crippen molar-refractivity contribution in [1.82, 2.24) is 20.2 Å². The van der Waals surface area contributed by atoms with E-state index in [1.165, 1.54) is 18.3 Å². The lowest BCUT2D eigenvalue weighted by Crippen LogP contribution is -2.14. The highest BCUT2D eigenvalue weighted by Crippen LogP contribution is 2.19. The van der Waals surface area contributed by atoms with Crippen LogP contribution in [-0.4, -0.2) is 39.1 Å². The van der Waals surface area contributed by atoms with Crippen LogP contribution >= 0.6 is 0 Å². The van der Waals surface area contributed by atoms with E-state index < -0.39 is 18.9 Å². The van der Waals surface area contributed by atoms with E-state index in [1.807, 2.05) is 6.07 Å². The van der Waals surface area contributed by atoms with Gasteiger partial charge in [0.1, 0.15) is 18.1 Å². The van der Waals surface area contributed by atoms with Gasteiger partial charge in [0, 0.05) is 36.3 Å². The van der Waals surface area contributed by atoms with Gasteiger partial charge in [0.25, 0.3) is 12.3 Å². The van der Waals surface area contributed by atoms with Gasteiger partial charge >= 0.3 is 0 Å². The molecule has 0 bridgehead atoms. The van der Waals surface area contributed by atoms with E-state index in [9.17, 15) is 13.6 Å². The SMILES string of the molecule is O=C(Nc1cc(-c2cccnc2)[nH]n1)c1cc(OCC(F)F)ccn1. The Labute approximate surface area is 141 Å².